The highest BCUT2D eigenvalue weighted by Crippen LogP contribution is 2.44. The zero-order valence-corrected chi connectivity index (χ0v) is 22.1. The molecule has 0 fully saturated rings. The first-order valence-corrected chi connectivity index (χ1v) is 13.1. The highest BCUT2D eigenvalue weighted by molar-refractivity contribution is 7.99. The molecule has 0 spiro atoms. The number of anilines is 1. The Bertz CT molecular complexity index is 1250. The van der Waals surface area contributed by atoms with Crippen LogP contribution in [0.1, 0.15) is 43.2 Å². The van der Waals surface area contributed by atoms with E-state index in [4.69, 9.17) is 13.9 Å². The van der Waals surface area contributed by atoms with Gasteiger partial charge < -0.3 is 19.2 Å². The summed E-state index contributed by atoms with van der Waals surface area (Å²) in [5.74, 6) is 1.94. The van der Waals surface area contributed by atoms with E-state index in [1.807, 2.05) is 0 Å². The Balaban J connectivity index is 1.41. The van der Waals surface area contributed by atoms with E-state index < -0.39 is 0 Å². The van der Waals surface area contributed by atoms with Crippen LogP contribution in [0.3, 0.4) is 0 Å². The number of amides is 1. The minimum atomic E-state index is -0.222. The van der Waals surface area contributed by atoms with Crippen molar-refractivity contribution in [1.82, 2.24) is 10.2 Å². The number of thioether (sulfide) groups is 1. The third-order valence-corrected chi connectivity index (χ3v) is 8.17. The first kappa shape index (κ1) is 25.1. The molecule has 0 saturated heterocycles. The standard InChI is InChI=1S/C25H28N4O4S2/c1-25(2,3)15-6-7-18-19(12-26)23(35-20(18)10-15)27-21(30)13-34-24-29-28-22(33-24)14-8-16(31-4)11-17(9-14)32-5/h8-9,11,15H,6-7,10,13H2,1-5H3,(H,27,30)/t15-/m1/s1. The third-order valence-electron chi connectivity index (χ3n) is 6.19. The normalized spacial score (nSPS) is 15.3. The van der Waals surface area contributed by atoms with Gasteiger partial charge in [0.15, 0.2) is 0 Å². The minimum absolute atomic E-state index is 0.0844. The Morgan fingerprint density at radius 2 is 1.97 bits per heavy atom. The summed E-state index contributed by atoms with van der Waals surface area (Å²) in [4.78, 5) is 13.9. The largest absolute Gasteiger partial charge is 0.497 e. The summed E-state index contributed by atoms with van der Waals surface area (Å²) in [6.45, 7) is 6.78. The van der Waals surface area contributed by atoms with Crippen molar-refractivity contribution in [2.75, 3.05) is 25.3 Å². The smallest absolute Gasteiger partial charge is 0.277 e. The number of benzene rings is 1. The maximum atomic E-state index is 12.7. The van der Waals surface area contributed by atoms with Crippen LogP contribution in [-0.2, 0) is 17.6 Å². The average Bonchev–Trinajstić information content (AvgIpc) is 3.45. The molecule has 10 heteroatoms. The van der Waals surface area contributed by atoms with Crippen molar-refractivity contribution in [3.8, 4) is 29.0 Å². The van der Waals surface area contributed by atoms with Gasteiger partial charge in [-0.1, -0.05) is 32.5 Å². The molecule has 1 N–H and O–H groups in total. The molecule has 1 aliphatic rings. The number of nitrogens with one attached hydrogen (secondary N) is 1. The van der Waals surface area contributed by atoms with Gasteiger partial charge in [0.2, 0.25) is 11.8 Å². The number of carbonyl (C=O) groups excluding carboxylic acids is 1. The number of carbonyl (C=O) groups is 1. The van der Waals surface area contributed by atoms with Gasteiger partial charge in [-0.15, -0.1) is 21.5 Å². The van der Waals surface area contributed by atoms with Crippen LogP contribution in [0.4, 0.5) is 5.00 Å². The molecular weight excluding hydrogens is 484 g/mol. The van der Waals surface area contributed by atoms with Crippen LogP contribution in [0.5, 0.6) is 11.5 Å². The molecule has 1 aliphatic carbocycles. The Morgan fingerprint density at radius 3 is 2.60 bits per heavy atom. The maximum absolute atomic E-state index is 12.7. The van der Waals surface area contributed by atoms with Gasteiger partial charge >= 0.3 is 0 Å². The van der Waals surface area contributed by atoms with Crippen molar-refractivity contribution < 1.29 is 18.7 Å². The van der Waals surface area contributed by atoms with Crippen LogP contribution < -0.4 is 14.8 Å². The average molecular weight is 513 g/mol. The summed E-state index contributed by atoms with van der Waals surface area (Å²) < 4.78 is 16.3. The summed E-state index contributed by atoms with van der Waals surface area (Å²) in [5.41, 5.74) is 2.56. The molecule has 35 heavy (non-hydrogen) atoms. The maximum Gasteiger partial charge on any atom is 0.277 e. The van der Waals surface area contributed by atoms with Gasteiger partial charge in [-0.25, -0.2) is 0 Å². The van der Waals surface area contributed by atoms with Gasteiger partial charge in [0.05, 0.1) is 25.5 Å². The molecule has 2 aromatic heterocycles. The Morgan fingerprint density at radius 1 is 1.26 bits per heavy atom. The SMILES string of the molecule is COc1cc(OC)cc(-c2nnc(SCC(=O)Nc3sc4c(c3C#N)CC[C@@H](C(C)(C)C)C4)o2)c1. The predicted molar refractivity (Wildman–Crippen MR) is 136 cm³/mol. The third kappa shape index (κ3) is 5.63. The van der Waals surface area contributed by atoms with E-state index in [-0.39, 0.29) is 22.3 Å². The van der Waals surface area contributed by atoms with E-state index in [1.165, 1.54) is 16.2 Å². The molecular formula is C25H28N4O4S2. The molecule has 4 rings (SSSR count). The Kier molecular flexibility index (Phi) is 7.38. The zero-order chi connectivity index (χ0) is 25.2. The second kappa shape index (κ2) is 10.3. The summed E-state index contributed by atoms with van der Waals surface area (Å²) >= 11 is 2.67. The minimum Gasteiger partial charge on any atom is -0.497 e. The molecule has 8 nitrogen and oxygen atoms in total. The number of fused-ring (bicyclic) bond motifs is 1. The van der Waals surface area contributed by atoms with E-state index in [2.05, 4.69) is 42.4 Å². The number of hydrogen-bond acceptors (Lipinski definition) is 9. The highest BCUT2D eigenvalue weighted by Gasteiger charge is 2.32. The molecule has 2 heterocycles. The van der Waals surface area contributed by atoms with Crippen LogP contribution in [0.25, 0.3) is 11.5 Å². The number of methoxy groups -OCH3 is 2. The fourth-order valence-electron chi connectivity index (χ4n) is 4.14. The van der Waals surface area contributed by atoms with Crippen LogP contribution in [0.2, 0.25) is 0 Å². The topological polar surface area (TPSA) is 110 Å². The van der Waals surface area contributed by atoms with Crippen molar-refractivity contribution in [3.05, 3.63) is 34.2 Å². The first-order valence-electron chi connectivity index (χ1n) is 11.3. The molecule has 0 unspecified atom stereocenters. The summed E-state index contributed by atoms with van der Waals surface area (Å²) in [6.07, 6.45) is 2.88. The van der Waals surface area contributed by atoms with E-state index in [1.54, 1.807) is 32.4 Å². The lowest BCUT2D eigenvalue weighted by Gasteiger charge is -2.33. The Hall–Kier alpha value is -3.03. The number of hydrogen-bond donors (Lipinski definition) is 1. The fourth-order valence-corrected chi connectivity index (χ4v) is 5.99. The zero-order valence-electron chi connectivity index (χ0n) is 20.4. The summed E-state index contributed by atoms with van der Waals surface area (Å²) in [7, 11) is 3.13. The van der Waals surface area contributed by atoms with Gasteiger partial charge in [0, 0.05) is 16.5 Å². The molecule has 1 amide bonds. The lowest BCUT2D eigenvalue weighted by atomic mass is 9.72. The van der Waals surface area contributed by atoms with E-state index in [9.17, 15) is 10.1 Å². The lowest BCUT2D eigenvalue weighted by molar-refractivity contribution is -0.113. The van der Waals surface area contributed by atoms with Crippen LogP contribution in [0.15, 0.2) is 27.8 Å². The van der Waals surface area contributed by atoms with E-state index in [0.29, 0.717) is 39.4 Å². The number of thiophene rings is 1. The first-order chi connectivity index (χ1) is 16.7. The number of aromatic nitrogens is 2. The van der Waals surface area contributed by atoms with Crippen LogP contribution >= 0.6 is 23.1 Å². The number of nitriles is 1. The van der Waals surface area contributed by atoms with Gasteiger partial charge in [-0.2, -0.15) is 5.26 Å². The van der Waals surface area contributed by atoms with Crippen LogP contribution in [0, 0.1) is 22.7 Å². The van der Waals surface area contributed by atoms with E-state index in [0.717, 1.165) is 36.6 Å². The van der Waals surface area contributed by atoms with Crippen molar-refractivity contribution in [2.24, 2.45) is 11.3 Å². The summed E-state index contributed by atoms with van der Waals surface area (Å²) in [5, 5.41) is 21.7. The van der Waals surface area contributed by atoms with Gasteiger partial charge in [0.25, 0.3) is 5.22 Å². The van der Waals surface area contributed by atoms with Crippen molar-refractivity contribution >= 4 is 34.0 Å². The molecule has 1 aromatic carbocycles. The molecule has 1 atom stereocenters. The van der Waals surface area contributed by atoms with E-state index >= 15 is 0 Å². The molecule has 0 saturated carbocycles. The number of nitrogens with zero attached hydrogens (tertiary/aromatic N) is 3. The molecule has 3 aromatic rings. The second-order valence-electron chi connectivity index (χ2n) is 9.44. The predicted octanol–water partition coefficient (Wildman–Crippen LogP) is 5.57. The monoisotopic (exact) mass is 512 g/mol. The quantitative estimate of drug-likeness (QED) is 0.409. The van der Waals surface area contributed by atoms with Crippen LogP contribution in [-0.4, -0.2) is 36.1 Å². The van der Waals surface area contributed by atoms with Crippen molar-refractivity contribution in [2.45, 2.75) is 45.3 Å². The number of ether oxygens (including phenoxy) is 2. The fraction of sp³-hybridized carbons (Fsp3) is 0.440. The molecule has 0 radical (unpaired) electrons. The molecule has 0 bridgehead atoms. The van der Waals surface area contributed by atoms with Gasteiger partial charge in [0.1, 0.15) is 22.6 Å². The lowest BCUT2D eigenvalue weighted by Crippen LogP contribution is -2.26. The second-order valence-corrected chi connectivity index (χ2v) is 11.5. The highest BCUT2D eigenvalue weighted by atomic mass is 32.2. The van der Waals surface area contributed by atoms with Gasteiger partial charge in [-0.3, -0.25) is 4.79 Å². The van der Waals surface area contributed by atoms with Crippen molar-refractivity contribution in [3.63, 3.8) is 0 Å². The molecule has 184 valence electrons. The Labute approximate surface area is 213 Å². The van der Waals surface area contributed by atoms with Crippen molar-refractivity contribution in [1.29, 1.82) is 5.26 Å². The summed E-state index contributed by atoms with van der Waals surface area (Å²) in [6, 6.07) is 7.59. The van der Waals surface area contributed by atoms with Gasteiger partial charge in [-0.05, 0) is 48.3 Å². The number of rotatable bonds is 7. The molecule has 0 aliphatic heterocycles.